The van der Waals surface area contributed by atoms with E-state index in [1.54, 1.807) is 0 Å². The molecule has 0 heterocycles. The molecule has 0 fully saturated rings. The normalized spacial score (nSPS) is 13.0. The van der Waals surface area contributed by atoms with Crippen molar-refractivity contribution in [2.75, 3.05) is 0 Å². The van der Waals surface area contributed by atoms with Gasteiger partial charge in [-0.25, -0.2) is 4.40 Å². The number of hydrogen-bond donors (Lipinski definition) is 0. The fourth-order valence-corrected chi connectivity index (χ4v) is 0.737. The van der Waals surface area contributed by atoms with E-state index in [-0.39, 0.29) is 0 Å². The Balaban J connectivity index is 3.43. The van der Waals surface area contributed by atoms with Gasteiger partial charge in [-0.2, -0.15) is 0 Å². The Morgan fingerprint density at radius 2 is 2.33 bits per heavy atom. The van der Waals surface area contributed by atoms with Crippen molar-refractivity contribution < 1.29 is 0 Å². The highest BCUT2D eigenvalue weighted by Crippen LogP contribution is 2.04. The van der Waals surface area contributed by atoms with Crippen LogP contribution in [0.5, 0.6) is 0 Å². The van der Waals surface area contributed by atoms with Crippen LogP contribution in [-0.2, 0) is 0 Å². The Hall–Kier alpha value is -0.240. The lowest BCUT2D eigenvalue weighted by Gasteiger charge is -1.88. The molecule has 0 aliphatic carbocycles. The molecule has 0 radical (unpaired) electrons. The van der Waals surface area contributed by atoms with Gasteiger partial charge in [0.25, 0.3) is 0 Å². The molecule has 0 aromatic carbocycles. The molecule has 0 aliphatic rings. The molecule has 0 aliphatic heterocycles. The summed E-state index contributed by atoms with van der Waals surface area (Å²) >= 11 is 1.49. The summed E-state index contributed by atoms with van der Waals surface area (Å²) in [4.78, 5) is 0. The lowest BCUT2D eigenvalue weighted by Crippen LogP contribution is -1.82. The summed E-state index contributed by atoms with van der Waals surface area (Å²) in [5, 5.41) is 1.97. The SMILES string of the molecule is C/C=C/SN=C(C)CC. The summed E-state index contributed by atoms with van der Waals surface area (Å²) in [5.74, 6) is 0. The Morgan fingerprint density at radius 1 is 1.67 bits per heavy atom. The van der Waals surface area contributed by atoms with E-state index in [0.29, 0.717) is 0 Å². The summed E-state index contributed by atoms with van der Waals surface area (Å²) in [6.45, 7) is 6.13. The van der Waals surface area contributed by atoms with Crippen molar-refractivity contribution in [2.24, 2.45) is 4.40 Å². The first kappa shape index (κ1) is 8.76. The van der Waals surface area contributed by atoms with Crippen molar-refractivity contribution in [1.29, 1.82) is 0 Å². The predicted molar refractivity (Wildman–Crippen MR) is 45.8 cm³/mol. The van der Waals surface area contributed by atoms with Gasteiger partial charge in [-0.05, 0) is 25.7 Å². The van der Waals surface area contributed by atoms with Gasteiger partial charge in [0.05, 0.1) is 0 Å². The maximum Gasteiger partial charge on any atom is 0.0232 e. The van der Waals surface area contributed by atoms with E-state index in [0.717, 1.165) is 6.42 Å². The molecule has 9 heavy (non-hydrogen) atoms. The fourth-order valence-electron chi connectivity index (χ4n) is 0.246. The molecule has 0 saturated heterocycles. The van der Waals surface area contributed by atoms with Crippen LogP contribution in [0.4, 0.5) is 0 Å². The maximum absolute atomic E-state index is 4.18. The molecule has 0 N–H and O–H groups in total. The van der Waals surface area contributed by atoms with Crippen molar-refractivity contribution >= 4 is 17.7 Å². The second-order valence-corrected chi connectivity index (χ2v) is 2.42. The quantitative estimate of drug-likeness (QED) is 0.437. The topological polar surface area (TPSA) is 12.4 Å². The molecular weight excluding hydrogens is 130 g/mol. The smallest absolute Gasteiger partial charge is 0.0232 e. The van der Waals surface area contributed by atoms with Crippen LogP contribution >= 0.6 is 11.9 Å². The number of nitrogens with zero attached hydrogens (tertiary/aromatic N) is 1. The van der Waals surface area contributed by atoms with E-state index in [4.69, 9.17) is 0 Å². The Labute approximate surface area is 61.4 Å². The van der Waals surface area contributed by atoms with Gasteiger partial charge in [-0.3, -0.25) is 0 Å². The van der Waals surface area contributed by atoms with Gasteiger partial charge in [0.1, 0.15) is 0 Å². The maximum atomic E-state index is 4.18. The highest BCUT2D eigenvalue weighted by molar-refractivity contribution is 8.01. The molecule has 0 aromatic heterocycles. The van der Waals surface area contributed by atoms with E-state index < -0.39 is 0 Å². The molecule has 0 rings (SSSR count). The Morgan fingerprint density at radius 3 is 2.78 bits per heavy atom. The minimum Gasteiger partial charge on any atom is -0.221 e. The van der Waals surface area contributed by atoms with E-state index in [1.165, 1.54) is 17.7 Å². The first-order valence-corrected chi connectivity index (χ1v) is 3.95. The van der Waals surface area contributed by atoms with Gasteiger partial charge >= 0.3 is 0 Å². The molecule has 0 saturated carbocycles. The molecule has 0 unspecified atom stereocenters. The zero-order chi connectivity index (χ0) is 7.11. The third-order valence-corrected chi connectivity index (χ3v) is 1.73. The van der Waals surface area contributed by atoms with E-state index in [2.05, 4.69) is 11.3 Å². The van der Waals surface area contributed by atoms with Gasteiger partial charge in [0.15, 0.2) is 0 Å². The highest BCUT2D eigenvalue weighted by atomic mass is 32.2. The van der Waals surface area contributed by atoms with Gasteiger partial charge in [-0.15, -0.1) is 0 Å². The van der Waals surface area contributed by atoms with Crippen molar-refractivity contribution in [2.45, 2.75) is 27.2 Å². The summed E-state index contributed by atoms with van der Waals surface area (Å²) in [6, 6.07) is 0. The molecule has 0 bridgehead atoms. The van der Waals surface area contributed by atoms with Crippen molar-refractivity contribution in [3.05, 3.63) is 11.5 Å². The monoisotopic (exact) mass is 143 g/mol. The lowest BCUT2D eigenvalue weighted by atomic mass is 10.3. The third-order valence-electron chi connectivity index (χ3n) is 0.917. The second-order valence-electron chi connectivity index (χ2n) is 1.75. The molecule has 0 aromatic rings. The molecule has 0 amide bonds. The predicted octanol–water partition coefficient (Wildman–Crippen LogP) is 3.04. The number of rotatable bonds is 3. The van der Waals surface area contributed by atoms with Crippen LogP contribution in [0, 0.1) is 0 Å². The molecule has 0 spiro atoms. The van der Waals surface area contributed by atoms with Crippen LogP contribution in [0.15, 0.2) is 15.9 Å². The zero-order valence-corrected chi connectivity index (χ0v) is 7.03. The van der Waals surface area contributed by atoms with Gasteiger partial charge < -0.3 is 0 Å². The van der Waals surface area contributed by atoms with E-state index in [1.807, 2.05) is 25.3 Å². The lowest BCUT2D eigenvalue weighted by molar-refractivity contribution is 1.27. The Kier molecular flexibility index (Phi) is 5.73. The summed E-state index contributed by atoms with van der Waals surface area (Å²) in [5.41, 5.74) is 1.19. The van der Waals surface area contributed by atoms with Crippen LogP contribution in [0.2, 0.25) is 0 Å². The molecule has 0 atom stereocenters. The van der Waals surface area contributed by atoms with Gasteiger partial charge in [0.2, 0.25) is 0 Å². The van der Waals surface area contributed by atoms with Crippen molar-refractivity contribution in [3.8, 4) is 0 Å². The van der Waals surface area contributed by atoms with Crippen molar-refractivity contribution in [1.82, 2.24) is 0 Å². The average molecular weight is 143 g/mol. The van der Waals surface area contributed by atoms with Crippen LogP contribution < -0.4 is 0 Å². The third kappa shape index (κ3) is 5.63. The summed E-state index contributed by atoms with van der Waals surface area (Å²) < 4.78 is 4.18. The largest absolute Gasteiger partial charge is 0.221 e. The van der Waals surface area contributed by atoms with Gasteiger partial charge in [0, 0.05) is 17.7 Å². The van der Waals surface area contributed by atoms with Crippen LogP contribution in [0.1, 0.15) is 27.2 Å². The summed E-state index contributed by atoms with van der Waals surface area (Å²) in [6.07, 6.45) is 3.03. The zero-order valence-electron chi connectivity index (χ0n) is 6.22. The first-order chi connectivity index (χ1) is 4.31. The second kappa shape index (κ2) is 5.89. The van der Waals surface area contributed by atoms with Gasteiger partial charge in [-0.1, -0.05) is 13.0 Å². The van der Waals surface area contributed by atoms with E-state index >= 15 is 0 Å². The number of hydrogen-bond acceptors (Lipinski definition) is 2. The minimum absolute atomic E-state index is 1.05. The molecule has 2 heteroatoms. The molecule has 1 nitrogen and oxygen atoms in total. The molecular formula is C7H13NS. The van der Waals surface area contributed by atoms with Crippen molar-refractivity contribution in [3.63, 3.8) is 0 Å². The molecule has 52 valence electrons. The van der Waals surface area contributed by atoms with Crippen LogP contribution in [0.3, 0.4) is 0 Å². The van der Waals surface area contributed by atoms with E-state index in [9.17, 15) is 0 Å². The minimum atomic E-state index is 1.05. The number of allylic oxidation sites excluding steroid dienone is 1. The van der Waals surface area contributed by atoms with Crippen LogP contribution in [-0.4, -0.2) is 5.71 Å². The van der Waals surface area contributed by atoms with Crippen LogP contribution in [0.25, 0.3) is 0 Å². The summed E-state index contributed by atoms with van der Waals surface area (Å²) in [7, 11) is 0. The Bertz CT molecular complexity index is 116. The first-order valence-electron chi connectivity index (χ1n) is 3.11. The highest BCUT2D eigenvalue weighted by Gasteiger charge is 1.80. The fraction of sp³-hybridized carbons (Fsp3) is 0.571. The average Bonchev–Trinajstić information content (AvgIpc) is 1.89. The standard InChI is InChI=1S/C7H13NS/c1-4-6-9-8-7(3)5-2/h4,6H,5H2,1-3H3/b6-4+,8-7?.